The Morgan fingerprint density at radius 3 is 1.74 bits per heavy atom. The fourth-order valence-corrected chi connectivity index (χ4v) is 19.9. The monoisotopic (exact) mass is 1040 g/mol. The summed E-state index contributed by atoms with van der Waals surface area (Å²) in [5.74, 6) is 1.38. The van der Waals surface area contributed by atoms with Crippen molar-refractivity contribution in [1.82, 2.24) is 0 Å². The van der Waals surface area contributed by atoms with Gasteiger partial charge < -0.3 is 37.0 Å². The molecule has 0 radical (unpaired) electrons. The summed E-state index contributed by atoms with van der Waals surface area (Å²) in [5.41, 5.74) is 2.09. The number of methoxy groups -OCH3 is 2. The molecule has 0 amide bonds. The lowest BCUT2D eigenvalue weighted by Gasteiger charge is -2.43. The first-order valence-corrected chi connectivity index (χ1v) is 37.8. The minimum atomic E-state index is -2.29. The SMILES string of the molecule is C=C(/C=C(\C)[C@@](C)(C[C@H](O)CC(=O)[C@H](OCc1ccc(OC)c(OC)c1)[C@@H](O[Si](CC)(CC)CC)[C@H](C)C[C@@H](C)O[Si](CC)(CC)CC)O[Si](CC)(CC)CC)C[C@@H](C)CCO[Si](C)(C)C(C)(C)C. The average molecular weight is 1040 g/mol. The molecule has 0 saturated heterocycles. The number of allylic oxidation sites excluding steroid dienone is 2. The van der Waals surface area contributed by atoms with Crippen molar-refractivity contribution in [1.29, 1.82) is 0 Å². The highest BCUT2D eigenvalue weighted by molar-refractivity contribution is 6.75. The van der Waals surface area contributed by atoms with Crippen LogP contribution in [-0.2, 0) is 33.8 Å². The molecule has 0 heterocycles. The van der Waals surface area contributed by atoms with Crippen LogP contribution in [-0.4, -0.2) is 95.0 Å². The number of hydrogen-bond acceptors (Lipinski definition) is 9. The van der Waals surface area contributed by atoms with Gasteiger partial charge in [-0.15, -0.1) is 0 Å². The summed E-state index contributed by atoms with van der Waals surface area (Å²) in [7, 11) is -4.98. The predicted molar refractivity (Wildman–Crippen MR) is 303 cm³/mol. The van der Waals surface area contributed by atoms with Gasteiger partial charge in [-0.25, -0.2) is 0 Å². The van der Waals surface area contributed by atoms with Crippen molar-refractivity contribution in [3.05, 3.63) is 47.6 Å². The number of rotatable bonds is 37. The fraction of sp³-hybridized carbons (Fsp3) is 0.804. The minimum Gasteiger partial charge on any atom is -0.493 e. The molecule has 1 rings (SSSR count). The van der Waals surface area contributed by atoms with Crippen molar-refractivity contribution in [2.75, 3.05) is 20.8 Å². The zero-order valence-corrected chi connectivity index (χ0v) is 52.5. The van der Waals surface area contributed by atoms with Crippen LogP contribution < -0.4 is 9.47 Å². The van der Waals surface area contributed by atoms with Crippen LogP contribution >= 0.6 is 0 Å². The van der Waals surface area contributed by atoms with Crippen LogP contribution in [0.5, 0.6) is 11.5 Å². The third kappa shape index (κ3) is 19.8. The Kier molecular flexibility index (Phi) is 28.6. The number of Topliss-reactive ketones (excluding diaryl/α,β-unsaturated/α-hetero) is 1. The lowest BCUT2D eigenvalue weighted by Crippen LogP contribution is -2.52. The second-order valence-corrected chi connectivity index (χ2v) is 41.4. The van der Waals surface area contributed by atoms with Gasteiger partial charge in [0.15, 0.2) is 50.6 Å². The zero-order valence-electron chi connectivity index (χ0n) is 48.5. The molecule has 0 aliphatic rings. The van der Waals surface area contributed by atoms with E-state index in [1.807, 2.05) is 18.2 Å². The van der Waals surface area contributed by atoms with Crippen molar-refractivity contribution < 1.29 is 41.8 Å². The van der Waals surface area contributed by atoms with Crippen LogP contribution in [0.2, 0.25) is 72.5 Å². The Balaban J connectivity index is 3.81. The lowest BCUT2D eigenvalue weighted by molar-refractivity contribution is -0.144. The summed E-state index contributed by atoms with van der Waals surface area (Å²) in [6.45, 7) is 48.0. The number of aliphatic hydroxyl groups is 1. The largest absolute Gasteiger partial charge is 0.493 e. The summed E-state index contributed by atoms with van der Waals surface area (Å²) in [6, 6.07) is 14.6. The lowest BCUT2D eigenvalue weighted by atomic mass is 9.85. The van der Waals surface area contributed by atoms with Gasteiger partial charge in [0.25, 0.3) is 0 Å². The standard InChI is InChI=1S/C56H108O9Si4/c1-23-67(24-2,25-3)63-47(14)38-45(12)53(64-68(26-4,27-5)28-6)54(61-42-48-32-33-51(59-19)52(39-48)60-20)50(58)40-49(57)41-56(18,65-69(29-7,30-8)31-9)46(13)37-44(11)36-43(10)34-35-62-66(21,22)55(15,16)17/h32-33,37,39,43,45,47,49,53-54,57H,11,23-31,34-36,38,40-42H2,1-10,12-22H3/b46-37+/t43-,45+,47+,49+,53-,54-,56+/m0/s1. The molecule has 1 aromatic rings. The Morgan fingerprint density at radius 2 is 1.26 bits per heavy atom. The molecule has 1 aromatic carbocycles. The van der Waals surface area contributed by atoms with Gasteiger partial charge in [0.2, 0.25) is 0 Å². The quantitative estimate of drug-likeness (QED) is 0.0516. The second-order valence-electron chi connectivity index (χ2n) is 22.4. The molecule has 0 bridgehead atoms. The molecular formula is C56H108O9Si4. The number of ether oxygens (including phenoxy) is 3. The molecule has 402 valence electrons. The zero-order chi connectivity index (χ0) is 53.0. The van der Waals surface area contributed by atoms with Crippen molar-refractivity contribution in [2.45, 2.75) is 259 Å². The Bertz CT molecular complexity index is 1660. The first kappa shape index (κ1) is 65.6. The average Bonchev–Trinajstić information content (AvgIpc) is 3.30. The van der Waals surface area contributed by atoms with Gasteiger partial charge in [-0.1, -0.05) is 121 Å². The smallest absolute Gasteiger partial charge is 0.193 e. The van der Waals surface area contributed by atoms with E-state index in [0.29, 0.717) is 17.4 Å². The molecule has 13 heteroatoms. The van der Waals surface area contributed by atoms with Crippen molar-refractivity contribution in [3.63, 3.8) is 0 Å². The topological polar surface area (TPSA) is 102 Å². The maximum atomic E-state index is 15.3. The van der Waals surface area contributed by atoms with E-state index < -0.39 is 57.2 Å². The van der Waals surface area contributed by atoms with Crippen molar-refractivity contribution >= 4 is 39.1 Å². The summed E-state index contributed by atoms with van der Waals surface area (Å²) in [4.78, 5) is 15.3. The van der Waals surface area contributed by atoms with Gasteiger partial charge in [-0.05, 0) is 148 Å². The highest BCUT2D eigenvalue weighted by Gasteiger charge is 2.45. The summed E-state index contributed by atoms with van der Waals surface area (Å²) < 4.78 is 46.5. The number of carbonyl (C=O) groups excluding carboxylic acids is 1. The van der Waals surface area contributed by atoms with Gasteiger partial charge in [0.05, 0.1) is 38.6 Å². The second kappa shape index (κ2) is 30.1. The van der Waals surface area contributed by atoms with Crippen molar-refractivity contribution in [3.8, 4) is 11.5 Å². The predicted octanol–water partition coefficient (Wildman–Crippen LogP) is 15.8. The summed E-state index contributed by atoms with van der Waals surface area (Å²) in [6.07, 6.45) is 2.41. The molecule has 0 saturated carbocycles. The Labute approximate surface area is 429 Å². The number of aliphatic hydroxyl groups excluding tert-OH is 1. The van der Waals surface area contributed by atoms with Crippen LogP contribution in [0.4, 0.5) is 0 Å². The molecule has 0 aromatic heterocycles. The van der Waals surface area contributed by atoms with Gasteiger partial charge in [0.1, 0.15) is 6.10 Å². The van der Waals surface area contributed by atoms with Gasteiger partial charge in [-0.3, -0.25) is 4.79 Å². The molecule has 0 aliphatic carbocycles. The highest BCUT2D eigenvalue weighted by Crippen LogP contribution is 2.40. The first-order chi connectivity index (χ1) is 32.2. The summed E-state index contributed by atoms with van der Waals surface area (Å²) in [5, 5.41) is 12.5. The molecule has 0 unspecified atom stereocenters. The number of ketones is 1. The van der Waals surface area contributed by atoms with Crippen LogP contribution in [0, 0.1) is 11.8 Å². The van der Waals surface area contributed by atoms with Crippen molar-refractivity contribution in [2.24, 2.45) is 11.8 Å². The first-order valence-electron chi connectivity index (χ1n) is 27.3. The highest BCUT2D eigenvalue weighted by atomic mass is 28.4. The van der Waals surface area contributed by atoms with E-state index >= 15 is 4.79 Å². The third-order valence-corrected chi connectivity index (χ3v) is 35.3. The Morgan fingerprint density at radius 1 is 0.754 bits per heavy atom. The molecule has 0 aliphatic heterocycles. The number of benzene rings is 1. The van der Waals surface area contributed by atoms with E-state index in [0.717, 1.165) is 97.0 Å². The third-order valence-electron chi connectivity index (χ3n) is 16.6. The minimum absolute atomic E-state index is 0.00754. The number of hydrogen-bond donors (Lipinski definition) is 1. The number of carbonyl (C=O) groups is 1. The maximum absolute atomic E-state index is 15.3. The van der Waals surface area contributed by atoms with Crippen LogP contribution in [0.25, 0.3) is 0 Å². The van der Waals surface area contributed by atoms with E-state index in [1.54, 1.807) is 14.2 Å². The molecule has 69 heavy (non-hydrogen) atoms. The van der Waals surface area contributed by atoms with E-state index in [-0.39, 0.29) is 42.3 Å². The maximum Gasteiger partial charge on any atom is 0.193 e. The Hall–Kier alpha value is -1.40. The van der Waals surface area contributed by atoms with Crippen LogP contribution in [0.15, 0.2) is 42.0 Å². The summed E-state index contributed by atoms with van der Waals surface area (Å²) >= 11 is 0. The van der Waals surface area contributed by atoms with E-state index in [9.17, 15) is 5.11 Å². The van der Waals surface area contributed by atoms with Crippen LogP contribution in [0.3, 0.4) is 0 Å². The van der Waals surface area contributed by atoms with Gasteiger partial charge >= 0.3 is 0 Å². The van der Waals surface area contributed by atoms with Crippen LogP contribution in [0.1, 0.15) is 155 Å². The van der Waals surface area contributed by atoms with E-state index in [2.05, 4.69) is 143 Å². The van der Waals surface area contributed by atoms with E-state index in [1.165, 1.54) is 0 Å². The molecule has 1 N–H and O–H groups in total. The molecule has 0 spiro atoms. The van der Waals surface area contributed by atoms with E-state index in [4.69, 9.17) is 31.9 Å². The molecule has 7 atom stereocenters. The molecule has 9 nitrogen and oxygen atoms in total. The molecular weight excluding hydrogens is 929 g/mol. The van der Waals surface area contributed by atoms with Gasteiger partial charge in [-0.2, -0.15) is 0 Å². The molecule has 0 fully saturated rings. The fourth-order valence-electron chi connectivity index (χ4n) is 9.82. The normalized spacial score (nSPS) is 16.9. The van der Waals surface area contributed by atoms with Gasteiger partial charge in [0, 0.05) is 25.6 Å².